The van der Waals surface area contributed by atoms with Crippen molar-refractivity contribution >= 4 is 17.3 Å². The van der Waals surface area contributed by atoms with Crippen LogP contribution in [-0.2, 0) is 4.79 Å². The minimum Gasteiger partial charge on any atom is -0.508 e. The molecule has 2 aromatic carbocycles. The highest BCUT2D eigenvalue weighted by atomic mass is 16.3. The molecule has 0 saturated heterocycles. The fraction of sp³-hybridized carbons (Fsp3) is 0.333. The number of amides is 1. The van der Waals surface area contributed by atoms with Gasteiger partial charge in [-0.1, -0.05) is 39.0 Å². The number of phenols is 2. The quantitative estimate of drug-likeness (QED) is 0.441. The largest absolute Gasteiger partial charge is 0.508 e. The summed E-state index contributed by atoms with van der Waals surface area (Å²) in [5.74, 6) is -0.222. The summed E-state index contributed by atoms with van der Waals surface area (Å²) in [7, 11) is 0. The van der Waals surface area contributed by atoms with E-state index in [2.05, 4.69) is 15.8 Å². The molecule has 0 radical (unpaired) electrons. The molecule has 6 nitrogen and oxygen atoms in total. The molecule has 1 unspecified atom stereocenters. The highest BCUT2D eigenvalue weighted by Gasteiger charge is 2.22. The Morgan fingerprint density at radius 3 is 2.37 bits per heavy atom. The molecular weight excluding hydrogens is 342 g/mol. The van der Waals surface area contributed by atoms with Gasteiger partial charge in [-0.05, 0) is 43.5 Å². The van der Waals surface area contributed by atoms with Crippen molar-refractivity contribution in [2.45, 2.75) is 40.2 Å². The molecular formula is C21H27N3O3. The third-order valence-corrected chi connectivity index (χ3v) is 4.39. The van der Waals surface area contributed by atoms with E-state index in [-0.39, 0.29) is 23.3 Å². The maximum Gasteiger partial charge on any atom is 0.262 e. The minimum atomic E-state index is -0.454. The Morgan fingerprint density at radius 2 is 1.78 bits per heavy atom. The smallest absolute Gasteiger partial charge is 0.262 e. The molecule has 144 valence electrons. The van der Waals surface area contributed by atoms with E-state index < -0.39 is 6.04 Å². The van der Waals surface area contributed by atoms with Crippen LogP contribution in [0.4, 0.5) is 5.69 Å². The molecule has 0 fully saturated rings. The number of phenolic OH excluding ortho intramolecular Hbond substituents is 2. The SMILES string of the molecule is CC/C(=N\NC(=O)C(Nc1ccccc1)C(C)C)c1ccc(O)c(C)c1O. The van der Waals surface area contributed by atoms with Gasteiger partial charge in [0.05, 0.1) is 5.71 Å². The number of benzene rings is 2. The van der Waals surface area contributed by atoms with E-state index in [1.807, 2.05) is 51.1 Å². The zero-order valence-corrected chi connectivity index (χ0v) is 16.2. The Hall–Kier alpha value is -3.02. The van der Waals surface area contributed by atoms with Crippen LogP contribution in [0, 0.1) is 12.8 Å². The number of anilines is 1. The number of nitrogens with zero attached hydrogens (tertiary/aromatic N) is 1. The molecule has 27 heavy (non-hydrogen) atoms. The number of rotatable bonds is 7. The van der Waals surface area contributed by atoms with E-state index in [0.29, 0.717) is 23.3 Å². The Morgan fingerprint density at radius 1 is 1.11 bits per heavy atom. The summed E-state index contributed by atoms with van der Waals surface area (Å²) in [6.45, 7) is 7.42. The molecule has 1 amide bonds. The van der Waals surface area contributed by atoms with Gasteiger partial charge in [0.2, 0.25) is 0 Å². The number of carbonyl (C=O) groups is 1. The molecule has 0 aliphatic carbocycles. The van der Waals surface area contributed by atoms with Crippen molar-refractivity contribution in [1.82, 2.24) is 5.43 Å². The summed E-state index contributed by atoms with van der Waals surface area (Å²) in [6.07, 6.45) is 0.510. The molecule has 1 atom stereocenters. The average Bonchev–Trinajstić information content (AvgIpc) is 2.66. The zero-order valence-electron chi connectivity index (χ0n) is 16.2. The van der Waals surface area contributed by atoms with Gasteiger partial charge in [0.1, 0.15) is 17.5 Å². The number of para-hydroxylation sites is 1. The van der Waals surface area contributed by atoms with Crippen molar-refractivity contribution < 1.29 is 15.0 Å². The molecule has 0 aromatic heterocycles. The minimum absolute atomic E-state index is 0.0164. The summed E-state index contributed by atoms with van der Waals surface area (Å²) in [5, 5.41) is 27.4. The molecule has 0 spiro atoms. The highest BCUT2D eigenvalue weighted by Crippen LogP contribution is 2.30. The second-order valence-electron chi connectivity index (χ2n) is 6.73. The summed E-state index contributed by atoms with van der Waals surface area (Å²) in [5.41, 5.74) is 4.87. The van der Waals surface area contributed by atoms with Crippen molar-refractivity contribution in [3.05, 3.63) is 53.6 Å². The van der Waals surface area contributed by atoms with Crippen LogP contribution >= 0.6 is 0 Å². The predicted molar refractivity (Wildman–Crippen MR) is 108 cm³/mol. The molecule has 2 rings (SSSR count). The molecule has 0 bridgehead atoms. The fourth-order valence-electron chi connectivity index (χ4n) is 2.69. The molecule has 0 saturated carbocycles. The number of hydrogen-bond acceptors (Lipinski definition) is 5. The zero-order chi connectivity index (χ0) is 20.0. The Bertz CT molecular complexity index is 817. The van der Waals surface area contributed by atoms with E-state index >= 15 is 0 Å². The van der Waals surface area contributed by atoms with Crippen LogP contribution in [0.3, 0.4) is 0 Å². The van der Waals surface area contributed by atoms with Crippen LogP contribution in [0.5, 0.6) is 11.5 Å². The highest BCUT2D eigenvalue weighted by molar-refractivity contribution is 6.03. The first kappa shape index (κ1) is 20.3. The second kappa shape index (κ2) is 9.07. The van der Waals surface area contributed by atoms with Crippen molar-refractivity contribution in [3.8, 4) is 11.5 Å². The van der Waals surface area contributed by atoms with Gasteiger partial charge in [0, 0.05) is 16.8 Å². The van der Waals surface area contributed by atoms with Gasteiger partial charge >= 0.3 is 0 Å². The maximum atomic E-state index is 12.7. The van der Waals surface area contributed by atoms with Crippen LogP contribution in [0.2, 0.25) is 0 Å². The lowest BCUT2D eigenvalue weighted by molar-refractivity contribution is -0.122. The molecule has 4 N–H and O–H groups in total. The summed E-state index contributed by atoms with van der Waals surface area (Å²) >= 11 is 0. The van der Waals surface area contributed by atoms with Crippen LogP contribution < -0.4 is 10.7 Å². The average molecular weight is 369 g/mol. The van der Waals surface area contributed by atoms with Gasteiger partial charge in [0.15, 0.2) is 0 Å². The number of nitrogens with one attached hydrogen (secondary N) is 2. The lowest BCUT2D eigenvalue weighted by atomic mass is 10.0. The molecule has 6 heteroatoms. The lowest BCUT2D eigenvalue weighted by Gasteiger charge is -2.22. The Balaban J connectivity index is 2.19. The topological polar surface area (TPSA) is 94.0 Å². The van der Waals surface area contributed by atoms with Crippen LogP contribution in [0.25, 0.3) is 0 Å². The normalized spacial score (nSPS) is 12.7. The summed E-state index contributed by atoms with van der Waals surface area (Å²) < 4.78 is 0. The molecule has 0 heterocycles. The molecule has 0 aliphatic heterocycles. The second-order valence-corrected chi connectivity index (χ2v) is 6.73. The van der Waals surface area contributed by atoms with Crippen molar-refractivity contribution in [2.75, 3.05) is 5.32 Å². The fourth-order valence-corrected chi connectivity index (χ4v) is 2.69. The van der Waals surface area contributed by atoms with Crippen molar-refractivity contribution in [3.63, 3.8) is 0 Å². The lowest BCUT2D eigenvalue weighted by Crippen LogP contribution is -2.41. The van der Waals surface area contributed by atoms with Gasteiger partial charge in [-0.15, -0.1) is 0 Å². The van der Waals surface area contributed by atoms with Crippen LogP contribution in [0.15, 0.2) is 47.6 Å². The van der Waals surface area contributed by atoms with Crippen molar-refractivity contribution in [1.29, 1.82) is 0 Å². The predicted octanol–water partition coefficient (Wildman–Crippen LogP) is 3.77. The third kappa shape index (κ3) is 5.00. The van der Waals surface area contributed by atoms with E-state index in [0.717, 1.165) is 5.69 Å². The van der Waals surface area contributed by atoms with E-state index in [9.17, 15) is 15.0 Å². The monoisotopic (exact) mass is 369 g/mol. The first-order chi connectivity index (χ1) is 12.8. The maximum absolute atomic E-state index is 12.7. The summed E-state index contributed by atoms with van der Waals surface area (Å²) in [6, 6.07) is 12.2. The number of hydrogen-bond donors (Lipinski definition) is 4. The Kier molecular flexibility index (Phi) is 6.82. The van der Waals surface area contributed by atoms with Gasteiger partial charge in [-0.3, -0.25) is 4.79 Å². The van der Waals surface area contributed by atoms with Crippen LogP contribution in [0.1, 0.15) is 38.3 Å². The first-order valence-electron chi connectivity index (χ1n) is 9.05. The van der Waals surface area contributed by atoms with Crippen molar-refractivity contribution in [2.24, 2.45) is 11.0 Å². The van der Waals surface area contributed by atoms with Gasteiger partial charge in [0.25, 0.3) is 5.91 Å². The van der Waals surface area contributed by atoms with Gasteiger partial charge < -0.3 is 15.5 Å². The van der Waals surface area contributed by atoms with E-state index in [4.69, 9.17) is 0 Å². The number of carbonyl (C=O) groups excluding carboxylic acids is 1. The molecule has 0 aliphatic rings. The van der Waals surface area contributed by atoms with Gasteiger partial charge in [-0.2, -0.15) is 5.10 Å². The first-order valence-corrected chi connectivity index (χ1v) is 9.05. The van der Waals surface area contributed by atoms with Gasteiger partial charge in [-0.25, -0.2) is 5.43 Å². The Labute approximate surface area is 159 Å². The standard InChI is InChI=1S/C21H27N3O3/c1-5-17(16-11-12-18(25)14(4)20(16)26)23-24-21(27)19(13(2)3)22-15-9-7-6-8-10-15/h6-13,19,22,25-26H,5H2,1-4H3,(H,24,27)/b23-17+. The number of hydrazone groups is 1. The molecule has 2 aromatic rings. The van der Waals surface area contributed by atoms with E-state index in [1.54, 1.807) is 13.0 Å². The summed E-state index contributed by atoms with van der Waals surface area (Å²) in [4.78, 5) is 12.7. The number of aromatic hydroxyl groups is 2. The van der Waals surface area contributed by atoms with E-state index in [1.165, 1.54) is 6.07 Å². The third-order valence-electron chi connectivity index (χ3n) is 4.39. The van der Waals surface area contributed by atoms with Crippen LogP contribution in [-0.4, -0.2) is 27.9 Å².